The number of hydrogen-bond donors (Lipinski definition) is 1. The van der Waals surface area contributed by atoms with E-state index in [4.69, 9.17) is 9.47 Å². The lowest BCUT2D eigenvalue weighted by Gasteiger charge is -2.51. The average Bonchev–Trinajstić information content (AvgIpc) is 3.59. The monoisotopic (exact) mass is 507 g/mol. The number of fused-ring (bicyclic) bond motifs is 5. The molecule has 7 rings (SSSR count). The van der Waals surface area contributed by atoms with E-state index in [1.54, 1.807) is 10.9 Å². The summed E-state index contributed by atoms with van der Waals surface area (Å²) in [6.45, 7) is 1.05. The van der Waals surface area contributed by atoms with Crippen LogP contribution in [0.25, 0.3) is 16.8 Å². The third-order valence-electron chi connectivity index (χ3n) is 8.27. The van der Waals surface area contributed by atoms with E-state index >= 15 is 0 Å². The van der Waals surface area contributed by atoms with Crippen LogP contribution in [0.3, 0.4) is 0 Å². The molecule has 2 unspecified atom stereocenters. The van der Waals surface area contributed by atoms with Crippen molar-refractivity contribution in [3.63, 3.8) is 0 Å². The van der Waals surface area contributed by atoms with E-state index in [1.807, 2.05) is 65.7 Å². The van der Waals surface area contributed by atoms with E-state index in [-0.39, 0.29) is 30.7 Å². The number of carbonyl (C=O) groups excluding carboxylic acids is 1. The number of aromatic nitrogens is 2. The highest BCUT2D eigenvalue weighted by Gasteiger charge is 2.49. The molecule has 2 fully saturated rings. The van der Waals surface area contributed by atoms with Crippen LogP contribution in [-0.2, 0) is 15.1 Å². The molecule has 1 amide bonds. The first-order valence-corrected chi connectivity index (χ1v) is 13.1. The summed E-state index contributed by atoms with van der Waals surface area (Å²) >= 11 is 0. The fourth-order valence-corrected chi connectivity index (χ4v) is 6.52. The fourth-order valence-electron chi connectivity index (χ4n) is 6.52. The molecule has 38 heavy (non-hydrogen) atoms. The zero-order chi connectivity index (χ0) is 25.7. The molecule has 1 N–H and O–H groups in total. The van der Waals surface area contributed by atoms with E-state index in [0.29, 0.717) is 26.1 Å². The second-order valence-electron chi connectivity index (χ2n) is 10.5. The van der Waals surface area contributed by atoms with Crippen LogP contribution in [0, 0.1) is 0 Å². The van der Waals surface area contributed by atoms with Gasteiger partial charge in [-0.25, -0.2) is 9.48 Å². The highest BCUT2D eigenvalue weighted by atomic mass is 16.6. The summed E-state index contributed by atoms with van der Waals surface area (Å²) in [6, 6.07) is 25.9. The number of ether oxygens (including phenoxy) is 2. The maximum absolute atomic E-state index is 13.5. The average molecular weight is 508 g/mol. The zero-order valence-corrected chi connectivity index (χ0v) is 20.9. The molecule has 3 aromatic carbocycles. The molecule has 1 aliphatic carbocycles. The van der Waals surface area contributed by atoms with Gasteiger partial charge in [-0.3, -0.25) is 4.90 Å². The lowest BCUT2D eigenvalue weighted by molar-refractivity contribution is -0.136. The minimum atomic E-state index is -1.04. The summed E-state index contributed by atoms with van der Waals surface area (Å²) in [5, 5.41) is 16.0. The summed E-state index contributed by atoms with van der Waals surface area (Å²) in [7, 11) is 0. The Hall–Kier alpha value is -3.94. The van der Waals surface area contributed by atoms with Crippen LogP contribution in [0.4, 0.5) is 4.79 Å². The predicted octanol–water partition coefficient (Wildman–Crippen LogP) is 4.87. The molecule has 2 atom stereocenters. The zero-order valence-electron chi connectivity index (χ0n) is 20.9. The van der Waals surface area contributed by atoms with Crippen molar-refractivity contribution in [2.75, 3.05) is 19.8 Å². The van der Waals surface area contributed by atoms with Crippen LogP contribution in [0.5, 0.6) is 0 Å². The molecule has 7 heteroatoms. The molecule has 2 aliphatic heterocycles. The van der Waals surface area contributed by atoms with Crippen LogP contribution in [0.1, 0.15) is 35.4 Å². The van der Waals surface area contributed by atoms with Gasteiger partial charge < -0.3 is 14.6 Å². The highest BCUT2D eigenvalue weighted by Crippen LogP contribution is 2.45. The van der Waals surface area contributed by atoms with Gasteiger partial charge in [0.15, 0.2) is 0 Å². The molecule has 3 heterocycles. The van der Waals surface area contributed by atoms with E-state index in [0.717, 1.165) is 11.3 Å². The minimum Gasteiger partial charge on any atom is -0.448 e. The molecule has 0 saturated carbocycles. The smallest absolute Gasteiger partial charge is 0.410 e. The summed E-state index contributed by atoms with van der Waals surface area (Å²) in [5.74, 6) is 0.0115. The Morgan fingerprint density at radius 1 is 0.921 bits per heavy atom. The first-order valence-electron chi connectivity index (χ1n) is 13.1. The largest absolute Gasteiger partial charge is 0.448 e. The molecule has 7 nitrogen and oxygen atoms in total. The Morgan fingerprint density at radius 3 is 2.16 bits per heavy atom. The van der Waals surface area contributed by atoms with Crippen molar-refractivity contribution in [1.82, 2.24) is 14.7 Å². The van der Waals surface area contributed by atoms with Crippen LogP contribution in [0.15, 0.2) is 91.3 Å². The third kappa shape index (κ3) is 3.81. The molecular formula is C31H29N3O4. The molecule has 2 saturated heterocycles. The van der Waals surface area contributed by atoms with Gasteiger partial charge in [0.2, 0.25) is 0 Å². The molecule has 1 aromatic heterocycles. The molecule has 2 bridgehead atoms. The maximum atomic E-state index is 13.5. The van der Waals surface area contributed by atoms with Gasteiger partial charge in [-0.15, -0.1) is 0 Å². The Morgan fingerprint density at radius 2 is 1.55 bits per heavy atom. The topological polar surface area (TPSA) is 76.8 Å². The second kappa shape index (κ2) is 9.11. The minimum absolute atomic E-state index is 0.0115. The highest BCUT2D eigenvalue weighted by molar-refractivity contribution is 5.79. The molecular weight excluding hydrogens is 478 g/mol. The molecule has 0 radical (unpaired) electrons. The number of nitrogens with zero attached hydrogens (tertiary/aromatic N) is 3. The normalized spacial score (nSPS) is 24.1. The number of carbonyl (C=O) groups is 1. The van der Waals surface area contributed by atoms with Gasteiger partial charge in [0.1, 0.15) is 6.61 Å². The van der Waals surface area contributed by atoms with Crippen LogP contribution < -0.4 is 0 Å². The van der Waals surface area contributed by atoms with E-state index < -0.39 is 5.60 Å². The standard InChI is InChI=1S/C31H29N3O4/c35-30(38-20-29-27-8-3-1-6-25(27)26-7-2-4-9-28(26)29)34-23-16-31(36,17-24(34)19-37-18-23)21-10-12-22(13-11-21)33-15-5-14-32-33/h1-15,23-24,29,36H,16-20H2. The number of amides is 1. The first kappa shape index (κ1) is 23.2. The number of piperidine rings is 1. The molecule has 4 aromatic rings. The van der Waals surface area contributed by atoms with Gasteiger partial charge >= 0.3 is 6.09 Å². The second-order valence-corrected chi connectivity index (χ2v) is 10.5. The van der Waals surface area contributed by atoms with Crippen molar-refractivity contribution in [1.29, 1.82) is 0 Å². The van der Waals surface area contributed by atoms with Crippen molar-refractivity contribution in [2.45, 2.75) is 36.4 Å². The van der Waals surface area contributed by atoms with Gasteiger partial charge in [-0.1, -0.05) is 60.7 Å². The van der Waals surface area contributed by atoms with Crippen molar-refractivity contribution >= 4 is 6.09 Å². The van der Waals surface area contributed by atoms with E-state index in [9.17, 15) is 9.90 Å². The van der Waals surface area contributed by atoms with Gasteiger partial charge in [-0.2, -0.15) is 5.10 Å². The summed E-state index contributed by atoms with van der Waals surface area (Å²) in [6.07, 6.45) is 4.09. The summed E-state index contributed by atoms with van der Waals surface area (Å²) in [4.78, 5) is 15.3. The number of aliphatic hydroxyl groups is 1. The number of morpholine rings is 1. The number of hydrogen-bond acceptors (Lipinski definition) is 5. The lowest BCUT2D eigenvalue weighted by atomic mass is 9.77. The van der Waals surface area contributed by atoms with Crippen molar-refractivity contribution < 1.29 is 19.4 Å². The Labute approximate surface area is 221 Å². The van der Waals surface area contributed by atoms with E-state index in [2.05, 4.69) is 29.4 Å². The van der Waals surface area contributed by atoms with Gasteiger partial charge in [0.05, 0.1) is 36.6 Å². The van der Waals surface area contributed by atoms with Gasteiger partial charge in [0, 0.05) is 31.2 Å². The Bertz CT molecular complexity index is 1410. The van der Waals surface area contributed by atoms with Crippen molar-refractivity contribution in [3.05, 3.63) is 108 Å². The van der Waals surface area contributed by atoms with Crippen molar-refractivity contribution in [3.8, 4) is 16.8 Å². The van der Waals surface area contributed by atoms with Gasteiger partial charge in [0.25, 0.3) is 0 Å². The quantitative estimate of drug-likeness (QED) is 0.426. The van der Waals surface area contributed by atoms with Crippen LogP contribution >= 0.6 is 0 Å². The Balaban J connectivity index is 1.08. The summed E-state index contributed by atoms with van der Waals surface area (Å²) < 4.78 is 13.6. The van der Waals surface area contributed by atoms with Crippen LogP contribution in [0.2, 0.25) is 0 Å². The first-order chi connectivity index (χ1) is 18.6. The molecule has 3 aliphatic rings. The van der Waals surface area contributed by atoms with Crippen molar-refractivity contribution in [2.24, 2.45) is 0 Å². The fraction of sp³-hybridized carbons (Fsp3) is 0.290. The van der Waals surface area contributed by atoms with Crippen LogP contribution in [-0.4, -0.2) is 57.8 Å². The number of benzene rings is 3. The Kier molecular flexibility index (Phi) is 5.56. The SMILES string of the molecule is O=C(OCC1c2ccccc2-c2ccccc21)N1C2COCC1CC(O)(c1ccc(-n3cccn3)cc1)C2. The van der Waals surface area contributed by atoms with Gasteiger partial charge in [-0.05, 0) is 46.0 Å². The third-order valence-corrected chi connectivity index (χ3v) is 8.27. The molecule has 192 valence electrons. The maximum Gasteiger partial charge on any atom is 0.410 e. The number of rotatable bonds is 4. The molecule has 0 spiro atoms. The van der Waals surface area contributed by atoms with E-state index in [1.165, 1.54) is 22.3 Å². The predicted molar refractivity (Wildman–Crippen MR) is 142 cm³/mol. The lowest BCUT2D eigenvalue weighted by Crippen LogP contribution is -2.62. The summed E-state index contributed by atoms with van der Waals surface area (Å²) in [5.41, 5.74) is 5.53.